The molecule has 0 saturated carbocycles. The van der Waals surface area contributed by atoms with Crippen molar-refractivity contribution < 1.29 is 9.52 Å². The van der Waals surface area contributed by atoms with Gasteiger partial charge < -0.3 is 9.52 Å². The molecule has 1 N–H and O–H groups in total. The average molecular weight is 307 g/mol. The number of benzene rings is 1. The standard InChI is InChI=1S/C14H11BrO3/c1-2-3-4-10-13(8-16)18-12-7-9(15)5-6-11(12)14(10)17/h2-8,16H,1H3/b3-2-,10-4+,13-8-. The van der Waals surface area contributed by atoms with Crippen LogP contribution in [-0.4, -0.2) is 5.11 Å². The predicted molar refractivity (Wildman–Crippen MR) is 75.8 cm³/mol. The van der Waals surface area contributed by atoms with E-state index in [1.54, 1.807) is 36.4 Å². The largest absolute Gasteiger partial charge is 0.512 e. The highest BCUT2D eigenvalue weighted by atomic mass is 79.9. The number of fused-ring (bicyclic) bond motifs is 1. The van der Waals surface area contributed by atoms with E-state index in [0.29, 0.717) is 16.2 Å². The summed E-state index contributed by atoms with van der Waals surface area (Å²) >= 11 is 3.31. The molecule has 0 fully saturated rings. The molecule has 1 heterocycles. The first-order chi connectivity index (χ1) is 8.67. The first-order valence-electron chi connectivity index (χ1n) is 5.37. The minimum atomic E-state index is -0.165. The molecule has 0 amide bonds. The smallest absolute Gasteiger partial charge is 0.200 e. The number of halogens is 1. The maximum absolute atomic E-state index is 12.3. The summed E-state index contributed by atoms with van der Waals surface area (Å²) in [5.41, 5.74) is 0.429. The Balaban J connectivity index is 3.02. The molecule has 1 aromatic heterocycles. The Bertz CT molecular complexity index is 785. The molecule has 0 atom stereocenters. The van der Waals surface area contributed by atoms with E-state index in [1.807, 2.05) is 6.92 Å². The van der Waals surface area contributed by atoms with Crippen molar-refractivity contribution in [1.29, 1.82) is 0 Å². The summed E-state index contributed by atoms with van der Waals surface area (Å²) in [6.45, 7) is 1.85. The normalized spacial score (nSPS) is 13.9. The van der Waals surface area contributed by atoms with Gasteiger partial charge in [-0.15, -0.1) is 0 Å². The molecule has 0 bridgehead atoms. The summed E-state index contributed by atoms with van der Waals surface area (Å²) in [6, 6.07) is 5.17. The highest BCUT2D eigenvalue weighted by Crippen LogP contribution is 2.15. The van der Waals surface area contributed by atoms with E-state index in [2.05, 4.69) is 15.9 Å². The molecular formula is C14H11BrO3. The molecular weight excluding hydrogens is 296 g/mol. The van der Waals surface area contributed by atoms with Gasteiger partial charge in [0.2, 0.25) is 5.43 Å². The van der Waals surface area contributed by atoms with Gasteiger partial charge in [0.1, 0.15) is 11.8 Å². The van der Waals surface area contributed by atoms with Crippen LogP contribution in [0, 0.1) is 0 Å². The zero-order valence-electron chi connectivity index (χ0n) is 9.68. The van der Waals surface area contributed by atoms with Crippen molar-refractivity contribution in [1.82, 2.24) is 0 Å². The monoisotopic (exact) mass is 306 g/mol. The fraction of sp³-hybridized carbons (Fsp3) is 0.0714. The molecule has 18 heavy (non-hydrogen) atoms. The third-order valence-electron chi connectivity index (χ3n) is 2.49. The molecule has 3 nitrogen and oxygen atoms in total. The fourth-order valence-corrected chi connectivity index (χ4v) is 1.98. The highest BCUT2D eigenvalue weighted by molar-refractivity contribution is 9.10. The topological polar surface area (TPSA) is 50.4 Å². The van der Waals surface area contributed by atoms with Gasteiger partial charge in [-0.1, -0.05) is 28.1 Å². The van der Waals surface area contributed by atoms with Gasteiger partial charge in [0.15, 0.2) is 5.42 Å². The Kier molecular flexibility index (Phi) is 3.67. The van der Waals surface area contributed by atoms with Crippen LogP contribution in [0.5, 0.6) is 0 Å². The first kappa shape index (κ1) is 12.6. The third-order valence-corrected chi connectivity index (χ3v) is 2.98. The van der Waals surface area contributed by atoms with Crippen LogP contribution in [-0.2, 0) is 0 Å². The van der Waals surface area contributed by atoms with Crippen LogP contribution >= 0.6 is 15.9 Å². The molecule has 0 saturated heterocycles. The van der Waals surface area contributed by atoms with E-state index in [4.69, 9.17) is 9.52 Å². The van der Waals surface area contributed by atoms with Gasteiger partial charge in [0, 0.05) is 4.47 Å². The number of rotatable bonds is 1. The van der Waals surface area contributed by atoms with E-state index in [9.17, 15) is 4.79 Å². The Hall–Kier alpha value is -1.81. The lowest BCUT2D eigenvalue weighted by Crippen LogP contribution is -2.38. The maximum atomic E-state index is 12.3. The van der Waals surface area contributed by atoms with Gasteiger partial charge >= 0.3 is 0 Å². The number of aliphatic hydroxyl groups excluding tert-OH is 1. The molecule has 0 aliphatic carbocycles. The predicted octanol–water partition coefficient (Wildman–Crippen LogP) is 2.21. The minimum absolute atomic E-state index is 0.156. The number of allylic oxidation sites excluding steroid dienone is 2. The molecule has 92 valence electrons. The van der Waals surface area contributed by atoms with Gasteiger partial charge in [-0.2, -0.15) is 0 Å². The maximum Gasteiger partial charge on any atom is 0.200 e. The van der Waals surface area contributed by atoms with Crippen molar-refractivity contribution >= 4 is 39.2 Å². The second-order valence-electron chi connectivity index (χ2n) is 3.67. The summed E-state index contributed by atoms with van der Waals surface area (Å²) in [4.78, 5) is 12.3. The molecule has 4 heteroatoms. The lowest BCUT2D eigenvalue weighted by Gasteiger charge is -1.98. The second-order valence-corrected chi connectivity index (χ2v) is 4.59. The van der Waals surface area contributed by atoms with Gasteiger partial charge in [-0.25, -0.2) is 0 Å². The lowest BCUT2D eigenvalue weighted by molar-refractivity contribution is 0.491. The molecule has 2 rings (SSSR count). The number of hydrogen-bond acceptors (Lipinski definition) is 3. The Morgan fingerprint density at radius 2 is 2.17 bits per heavy atom. The summed E-state index contributed by atoms with van der Waals surface area (Å²) in [6.07, 6.45) is 5.95. The van der Waals surface area contributed by atoms with Crippen molar-refractivity contribution in [2.45, 2.75) is 6.92 Å². The molecule has 0 aliphatic heterocycles. The molecule has 1 aromatic carbocycles. The number of aliphatic hydroxyl groups is 1. The van der Waals surface area contributed by atoms with E-state index in [-0.39, 0.29) is 10.8 Å². The molecule has 0 aliphatic rings. The Morgan fingerprint density at radius 1 is 1.39 bits per heavy atom. The fourth-order valence-electron chi connectivity index (χ4n) is 1.64. The van der Waals surface area contributed by atoms with E-state index in [0.717, 1.165) is 10.7 Å². The van der Waals surface area contributed by atoms with Crippen molar-refractivity contribution in [3.63, 3.8) is 0 Å². The summed E-state index contributed by atoms with van der Waals surface area (Å²) in [7, 11) is 0. The zero-order valence-corrected chi connectivity index (χ0v) is 11.3. The zero-order chi connectivity index (χ0) is 13.1. The van der Waals surface area contributed by atoms with Crippen LogP contribution in [0.25, 0.3) is 23.3 Å². The summed E-state index contributed by atoms with van der Waals surface area (Å²) in [5.74, 6) is 0. The second kappa shape index (κ2) is 5.23. The van der Waals surface area contributed by atoms with E-state index >= 15 is 0 Å². The van der Waals surface area contributed by atoms with Crippen LogP contribution in [0.3, 0.4) is 0 Å². The van der Waals surface area contributed by atoms with Crippen LogP contribution in [0.15, 0.2) is 44.0 Å². The van der Waals surface area contributed by atoms with Crippen LogP contribution in [0.4, 0.5) is 0 Å². The van der Waals surface area contributed by atoms with E-state index < -0.39 is 0 Å². The first-order valence-corrected chi connectivity index (χ1v) is 6.16. The van der Waals surface area contributed by atoms with Gasteiger partial charge in [-0.05, 0) is 31.2 Å². The van der Waals surface area contributed by atoms with Crippen molar-refractivity contribution in [2.24, 2.45) is 0 Å². The van der Waals surface area contributed by atoms with Gasteiger partial charge in [-0.3, -0.25) is 4.79 Å². The number of hydrogen-bond donors (Lipinski definition) is 1. The van der Waals surface area contributed by atoms with Crippen LogP contribution in [0.2, 0.25) is 0 Å². The minimum Gasteiger partial charge on any atom is -0.512 e. The molecule has 0 spiro atoms. The quantitative estimate of drug-likeness (QED) is 0.879. The van der Waals surface area contributed by atoms with Gasteiger partial charge in [0.05, 0.1) is 10.6 Å². The molecule has 0 radical (unpaired) electrons. The molecule has 0 unspecified atom stereocenters. The SMILES string of the molecule is C\C=C/C=c1/c(=O)c2ccc(Br)cc2o/c1=C\O. The average Bonchev–Trinajstić information content (AvgIpc) is 2.37. The summed E-state index contributed by atoms with van der Waals surface area (Å²) < 4.78 is 6.31. The van der Waals surface area contributed by atoms with Crippen LogP contribution in [0.1, 0.15) is 6.92 Å². The highest BCUT2D eigenvalue weighted by Gasteiger charge is 2.04. The molecule has 2 aromatic rings. The third kappa shape index (κ3) is 2.24. The van der Waals surface area contributed by atoms with Gasteiger partial charge in [0.25, 0.3) is 0 Å². The van der Waals surface area contributed by atoms with Crippen LogP contribution < -0.4 is 16.1 Å². The Morgan fingerprint density at radius 3 is 2.83 bits per heavy atom. The summed E-state index contributed by atoms with van der Waals surface area (Å²) in [5, 5.41) is 9.98. The lowest BCUT2D eigenvalue weighted by atomic mass is 10.2. The van der Waals surface area contributed by atoms with Crippen molar-refractivity contribution in [3.8, 4) is 0 Å². The van der Waals surface area contributed by atoms with E-state index in [1.165, 1.54) is 0 Å². The van der Waals surface area contributed by atoms with Crippen molar-refractivity contribution in [2.75, 3.05) is 0 Å². The Labute approximate surface area is 111 Å². The van der Waals surface area contributed by atoms with Crippen molar-refractivity contribution in [3.05, 3.63) is 55.7 Å².